The van der Waals surface area contributed by atoms with Gasteiger partial charge >= 0.3 is 0 Å². The van der Waals surface area contributed by atoms with Gasteiger partial charge in [0, 0.05) is 0 Å². The van der Waals surface area contributed by atoms with Crippen LogP contribution in [0.1, 0.15) is 0 Å². The van der Waals surface area contributed by atoms with Crippen molar-refractivity contribution < 1.29 is 9.26 Å². The Bertz CT molecular complexity index is 449. The lowest BCUT2D eigenvalue weighted by Gasteiger charge is -1.83. The van der Waals surface area contributed by atoms with Crippen LogP contribution in [-0.4, -0.2) is 30.6 Å². The van der Waals surface area contributed by atoms with Crippen molar-refractivity contribution >= 4 is 22.6 Å². The van der Waals surface area contributed by atoms with Gasteiger partial charge in [-0.1, -0.05) is 0 Å². The van der Waals surface area contributed by atoms with Gasteiger partial charge in [-0.15, -0.1) is 0 Å². The summed E-state index contributed by atoms with van der Waals surface area (Å²) in [6.45, 7) is 0. The summed E-state index contributed by atoms with van der Waals surface area (Å²) in [7, 11) is 0. The van der Waals surface area contributed by atoms with Gasteiger partial charge in [0.05, 0.1) is 0 Å². The molecular formula is C4H4N6O2. The van der Waals surface area contributed by atoms with Gasteiger partial charge in [0.2, 0.25) is 22.6 Å². The second-order valence-corrected chi connectivity index (χ2v) is 2.23. The van der Waals surface area contributed by atoms with Crippen LogP contribution in [0.4, 0.5) is 0 Å². The predicted octanol–water partition coefficient (Wildman–Crippen LogP) is 0.406. The molecule has 3 heterocycles. The molecule has 3 aromatic rings. The maximum atomic E-state index is 4.67. The minimum Gasteiger partial charge on any atom is -0.293 e. The number of rotatable bonds is 0. The quantitative estimate of drug-likeness (QED) is 0.389. The van der Waals surface area contributed by atoms with Crippen LogP contribution in [0.5, 0.6) is 0 Å². The first-order chi connectivity index (χ1) is 5.93. The molecule has 12 heavy (non-hydrogen) atoms. The van der Waals surface area contributed by atoms with E-state index in [0.29, 0.717) is 22.6 Å². The molecule has 8 heteroatoms. The fourth-order valence-electron chi connectivity index (χ4n) is 0.964. The molecular weight excluding hydrogens is 164 g/mol. The third-order valence-corrected chi connectivity index (χ3v) is 1.49. The van der Waals surface area contributed by atoms with E-state index in [1.165, 1.54) is 0 Å². The Hall–Kier alpha value is -2.12. The zero-order valence-electron chi connectivity index (χ0n) is 5.71. The topological polar surface area (TPSA) is 115 Å². The third-order valence-electron chi connectivity index (χ3n) is 1.49. The molecule has 0 saturated heterocycles. The van der Waals surface area contributed by atoms with Crippen molar-refractivity contribution in [1.29, 1.82) is 0 Å². The highest BCUT2D eigenvalue weighted by Crippen LogP contribution is 2.07. The molecule has 0 amide bonds. The van der Waals surface area contributed by atoms with Crippen LogP contribution in [0.2, 0.25) is 0 Å². The van der Waals surface area contributed by atoms with Crippen molar-refractivity contribution in [2.75, 3.05) is 0 Å². The molecule has 0 atom stereocenters. The molecule has 0 radical (unpaired) electrons. The number of nitrogens with zero attached hydrogens (tertiary/aromatic N) is 2. The van der Waals surface area contributed by atoms with Gasteiger partial charge in [0.1, 0.15) is 0 Å². The Morgan fingerprint density at radius 2 is 1.00 bits per heavy atom. The molecule has 0 aliphatic heterocycles. The Morgan fingerprint density at radius 1 is 0.667 bits per heavy atom. The fraction of sp³-hybridized carbons (Fsp3) is 0. The average Bonchev–Trinajstić information content (AvgIpc) is 2.64. The predicted molar refractivity (Wildman–Crippen MR) is 36.6 cm³/mol. The first-order valence-corrected chi connectivity index (χ1v) is 3.21. The number of nitrogens with one attached hydrogen (secondary N) is 4. The van der Waals surface area contributed by atoms with E-state index in [-0.39, 0.29) is 0 Å². The normalized spacial score (nSPS) is 11.3. The molecule has 3 aromatic heterocycles. The van der Waals surface area contributed by atoms with Crippen molar-refractivity contribution in [2.24, 2.45) is 0 Å². The highest BCUT2D eigenvalue weighted by molar-refractivity contribution is 5.75. The number of aromatic amines is 4. The molecule has 0 saturated carbocycles. The highest BCUT2D eigenvalue weighted by Gasteiger charge is 2.04. The lowest BCUT2D eigenvalue weighted by atomic mass is 10.6. The maximum Gasteiger partial charge on any atom is 0.210 e. The van der Waals surface area contributed by atoms with E-state index in [0.717, 1.165) is 0 Å². The summed E-state index contributed by atoms with van der Waals surface area (Å²) in [5.41, 5.74) is 2.09. The molecule has 0 aliphatic carbocycles. The number of hydrogen-bond acceptors (Lipinski definition) is 4. The smallest absolute Gasteiger partial charge is 0.210 e. The largest absolute Gasteiger partial charge is 0.293 e. The second-order valence-electron chi connectivity index (χ2n) is 2.23. The highest BCUT2D eigenvalue weighted by atomic mass is 16.6. The summed E-state index contributed by atoms with van der Waals surface area (Å²) in [5.74, 6) is 0. The van der Waals surface area contributed by atoms with E-state index in [1.54, 1.807) is 0 Å². The van der Waals surface area contributed by atoms with Crippen LogP contribution in [0.3, 0.4) is 0 Å². The van der Waals surface area contributed by atoms with Gasteiger partial charge in [-0.2, -0.15) is 20.6 Å². The summed E-state index contributed by atoms with van der Waals surface area (Å²) in [5, 5.41) is 10.1. The molecule has 0 unspecified atom stereocenters. The lowest BCUT2D eigenvalue weighted by molar-refractivity contribution is 0.310. The number of aromatic nitrogens is 6. The zero-order valence-corrected chi connectivity index (χ0v) is 5.71. The third kappa shape index (κ3) is 0.557. The first kappa shape index (κ1) is 5.52. The standard InChI is InChI=1S/C4H4N6O2/c5-1-2(8-11-7-1)6-4-3(5)9-12-10-4/h(H2,5,7,9)(H2,6,8,10). The van der Waals surface area contributed by atoms with E-state index >= 15 is 0 Å². The van der Waals surface area contributed by atoms with Crippen LogP contribution in [0.25, 0.3) is 22.6 Å². The Balaban J connectivity index is 2.62. The maximum absolute atomic E-state index is 4.67. The second kappa shape index (κ2) is 1.72. The molecule has 8 nitrogen and oxygen atoms in total. The summed E-state index contributed by atoms with van der Waals surface area (Å²) >= 11 is 0. The van der Waals surface area contributed by atoms with Crippen LogP contribution in [0, 0.1) is 0 Å². The molecule has 0 spiro atoms. The van der Waals surface area contributed by atoms with E-state index in [9.17, 15) is 0 Å². The van der Waals surface area contributed by atoms with Gasteiger partial charge in [-0.25, -0.2) is 9.97 Å². The fourth-order valence-corrected chi connectivity index (χ4v) is 0.964. The van der Waals surface area contributed by atoms with Crippen molar-refractivity contribution in [2.45, 2.75) is 0 Å². The number of hydrogen-bond donors (Lipinski definition) is 4. The van der Waals surface area contributed by atoms with Gasteiger partial charge in [-0.3, -0.25) is 9.26 Å². The molecule has 0 aromatic carbocycles. The Morgan fingerprint density at radius 3 is 1.33 bits per heavy atom. The van der Waals surface area contributed by atoms with Crippen LogP contribution >= 0.6 is 0 Å². The molecule has 0 aliphatic rings. The molecule has 0 fully saturated rings. The molecule has 3 rings (SSSR count). The monoisotopic (exact) mass is 168 g/mol. The lowest BCUT2D eigenvalue weighted by Crippen LogP contribution is -1.84. The van der Waals surface area contributed by atoms with Crippen LogP contribution in [-0.2, 0) is 0 Å². The van der Waals surface area contributed by atoms with E-state index in [1.807, 2.05) is 0 Å². The van der Waals surface area contributed by atoms with Crippen molar-refractivity contribution in [1.82, 2.24) is 30.6 Å². The Labute approximate surface area is 63.5 Å². The minimum absolute atomic E-state index is 0.522. The summed E-state index contributed by atoms with van der Waals surface area (Å²) in [6.07, 6.45) is 0. The van der Waals surface area contributed by atoms with Gasteiger partial charge in [-0.05, 0) is 0 Å². The van der Waals surface area contributed by atoms with Gasteiger partial charge < -0.3 is 0 Å². The molecule has 0 bridgehead atoms. The van der Waals surface area contributed by atoms with E-state index < -0.39 is 0 Å². The Kier molecular flexibility index (Phi) is 0.793. The summed E-state index contributed by atoms with van der Waals surface area (Å²) in [6, 6.07) is 0. The average molecular weight is 168 g/mol. The molecule has 62 valence electrons. The van der Waals surface area contributed by atoms with E-state index in [2.05, 4.69) is 39.9 Å². The zero-order chi connectivity index (χ0) is 7.97. The first-order valence-electron chi connectivity index (χ1n) is 3.21. The van der Waals surface area contributed by atoms with Gasteiger partial charge in [0.15, 0.2) is 0 Å². The minimum atomic E-state index is 0.522. The van der Waals surface area contributed by atoms with Crippen LogP contribution in [0.15, 0.2) is 9.26 Å². The van der Waals surface area contributed by atoms with Gasteiger partial charge in [0.25, 0.3) is 0 Å². The van der Waals surface area contributed by atoms with E-state index in [4.69, 9.17) is 0 Å². The SMILES string of the molecule is n1c2[nH]o[nH]c2nc2[nH]o[nH]c12. The van der Waals surface area contributed by atoms with Crippen LogP contribution < -0.4 is 0 Å². The number of fused-ring (bicyclic) bond motifs is 2. The van der Waals surface area contributed by atoms with Crippen molar-refractivity contribution in [3.8, 4) is 0 Å². The van der Waals surface area contributed by atoms with Crippen molar-refractivity contribution in [3.05, 3.63) is 0 Å². The van der Waals surface area contributed by atoms with Crippen molar-refractivity contribution in [3.63, 3.8) is 0 Å². The summed E-state index contributed by atoms with van der Waals surface area (Å²) < 4.78 is 9.34. The number of H-pyrrole nitrogens is 4. The molecule has 4 N–H and O–H groups in total. The summed E-state index contributed by atoms with van der Waals surface area (Å²) in [4.78, 5) is 8.15.